The molecule has 2 aliphatic rings. The van der Waals surface area contributed by atoms with Crippen molar-refractivity contribution in [3.8, 4) is 0 Å². The highest BCUT2D eigenvalue weighted by Crippen LogP contribution is 2.42. The standard InChI is InChI=1S/C12H15NO4/c1-6-3-8-9(4-6)11(15)13(10(8)14)5-7(2)12(16)17/h6,8-9H,2-5H2,1H3,(H,16,17). The number of carboxylic acids is 1. The molecule has 0 radical (unpaired) electrons. The van der Waals surface area contributed by atoms with Crippen LogP contribution in [0.3, 0.4) is 0 Å². The number of amides is 2. The van der Waals surface area contributed by atoms with Crippen LogP contribution in [0, 0.1) is 17.8 Å². The van der Waals surface area contributed by atoms with E-state index in [1.165, 1.54) is 0 Å². The smallest absolute Gasteiger partial charge is 0.332 e. The second-order valence-electron chi connectivity index (χ2n) is 4.96. The summed E-state index contributed by atoms with van der Waals surface area (Å²) in [6.45, 7) is 5.19. The van der Waals surface area contributed by atoms with E-state index in [-0.39, 0.29) is 35.8 Å². The predicted molar refractivity (Wildman–Crippen MR) is 58.9 cm³/mol. The molecule has 0 aromatic heterocycles. The van der Waals surface area contributed by atoms with Crippen molar-refractivity contribution in [1.82, 2.24) is 4.90 Å². The van der Waals surface area contributed by atoms with Gasteiger partial charge in [0.15, 0.2) is 0 Å². The Labute approximate surface area is 99.1 Å². The first-order valence-electron chi connectivity index (χ1n) is 5.68. The molecule has 0 bridgehead atoms. The third-order valence-corrected chi connectivity index (χ3v) is 3.62. The van der Waals surface area contributed by atoms with Gasteiger partial charge in [-0.25, -0.2) is 4.79 Å². The van der Waals surface area contributed by atoms with Crippen molar-refractivity contribution in [3.05, 3.63) is 12.2 Å². The second-order valence-corrected chi connectivity index (χ2v) is 4.96. The molecule has 5 heteroatoms. The van der Waals surface area contributed by atoms with Crippen LogP contribution < -0.4 is 0 Å². The van der Waals surface area contributed by atoms with Gasteiger partial charge >= 0.3 is 5.97 Å². The lowest BCUT2D eigenvalue weighted by atomic mass is 10.00. The van der Waals surface area contributed by atoms with Crippen LogP contribution in [-0.2, 0) is 14.4 Å². The van der Waals surface area contributed by atoms with Gasteiger partial charge in [-0.3, -0.25) is 14.5 Å². The minimum Gasteiger partial charge on any atom is -0.478 e. The normalized spacial score (nSPS) is 31.8. The summed E-state index contributed by atoms with van der Waals surface area (Å²) in [5, 5.41) is 8.71. The number of carbonyl (C=O) groups excluding carboxylic acids is 2. The van der Waals surface area contributed by atoms with Gasteiger partial charge in [0.05, 0.1) is 18.4 Å². The fourth-order valence-electron chi connectivity index (χ4n) is 2.76. The van der Waals surface area contributed by atoms with Crippen molar-refractivity contribution < 1.29 is 19.5 Å². The van der Waals surface area contributed by atoms with Gasteiger partial charge in [-0.1, -0.05) is 13.5 Å². The molecule has 0 spiro atoms. The second kappa shape index (κ2) is 3.98. The van der Waals surface area contributed by atoms with E-state index < -0.39 is 5.97 Å². The van der Waals surface area contributed by atoms with Crippen molar-refractivity contribution in [2.24, 2.45) is 17.8 Å². The first kappa shape index (κ1) is 11.8. The van der Waals surface area contributed by atoms with E-state index in [1.807, 2.05) is 6.92 Å². The molecule has 92 valence electrons. The lowest BCUT2D eigenvalue weighted by molar-refractivity contribution is -0.140. The fraction of sp³-hybridized carbons (Fsp3) is 0.583. The van der Waals surface area contributed by atoms with Crippen LogP contribution in [0.1, 0.15) is 19.8 Å². The third kappa shape index (κ3) is 1.85. The van der Waals surface area contributed by atoms with Crippen molar-refractivity contribution >= 4 is 17.8 Å². The summed E-state index contributed by atoms with van der Waals surface area (Å²) in [6, 6.07) is 0. The Bertz CT molecular complexity index is 391. The highest BCUT2D eigenvalue weighted by atomic mass is 16.4. The Morgan fingerprint density at radius 3 is 2.24 bits per heavy atom. The predicted octanol–water partition coefficient (Wildman–Crippen LogP) is 0.658. The van der Waals surface area contributed by atoms with Crippen molar-refractivity contribution in [1.29, 1.82) is 0 Å². The maximum atomic E-state index is 12.0. The number of aliphatic carboxylic acids is 1. The first-order chi connectivity index (χ1) is 7.91. The SMILES string of the molecule is C=C(CN1C(=O)C2CC(C)CC2C1=O)C(=O)O. The Balaban J connectivity index is 2.12. The Morgan fingerprint density at radius 2 is 1.82 bits per heavy atom. The molecule has 1 N–H and O–H groups in total. The first-order valence-corrected chi connectivity index (χ1v) is 5.68. The summed E-state index contributed by atoms with van der Waals surface area (Å²) in [6.07, 6.45) is 1.45. The number of nitrogens with zero attached hydrogens (tertiary/aromatic N) is 1. The summed E-state index contributed by atoms with van der Waals surface area (Å²) in [4.78, 5) is 35.6. The molecule has 2 unspecified atom stereocenters. The summed E-state index contributed by atoms with van der Waals surface area (Å²) in [5.74, 6) is -1.71. The summed E-state index contributed by atoms with van der Waals surface area (Å²) < 4.78 is 0. The number of hydrogen-bond acceptors (Lipinski definition) is 3. The van der Waals surface area contributed by atoms with E-state index in [0.717, 1.165) is 17.7 Å². The maximum absolute atomic E-state index is 12.0. The monoisotopic (exact) mass is 237 g/mol. The number of rotatable bonds is 3. The molecule has 2 rings (SSSR count). The van der Waals surface area contributed by atoms with Gasteiger partial charge in [-0.15, -0.1) is 0 Å². The van der Waals surface area contributed by atoms with Gasteiger partial charge in [0.2, 0.25) is 11.8 Å². The molecule has 1 heterocycles. The highest BCUT2D eigenvalue weighted by molar-refractivity contribution is 6.06. The van der Waals surface area contributed by atoms with E-state index in [4.69, 9.17) is 5.11 Å². The Morgan fingerprint density at radius 1 is 1.35 bits per heavy atom. The minimum absolute atomic E-state index is 0.125. The Kier molecular flexibility index (Phi) is 2.77. The Hall–Kier alpha value is -1.65. The van der Waals surface area contributed by atoms with E-state index >= 15 is 0 Å². The summed E-state index contributed by atoms with van der Waals surface area (Å²) in [5.41, 5.74) is -0.125. The maximum Gasteiger partial charge on any atom is 0.332 e. The van der Waals surface area contributed by atoms with Gasteiger partial charge in [0.25, 0.3) is 0 Å². The van der Waals surface area contributed by atoms with E-state index in [9.17, 15) is 14.4 Å². The third-order valence-electron chi connectivity index (χ3n) is 3.62. The van der Waals surface area contributed by atoms with Crippen LogP contribution in [0.25, 0.3) is 0 Å². The lowest BCUT2D eigenvalue weighted by Gasteiger charge is -2.16. The number of imide groups is 1. The van der Waals surface area contributed by atoms with E-state index in [0.29, 0.717) is 5.92 Å². The molecule has 0 aromatic rings. The average molecular weight is 237 g/mol. The zero-order valence-corrected chi connectivity index (χ0v) is 9.68. The zero-order chi connectivity index (χ0) is 12.7. The highest BCUT2D eigenvalue weighted by Gasteiger charge is 2.51. The van der Waals surface area contributed by atoms with Gasteiger partial charge in [0, 0.05) is 5.57 Å². The van der Waals surface area contributed by atoms with Gasteiger partial charge < -0.3 is 5.11 Å². The molecule has 2 atom stereocenters. The van der Waals surface area contributed by atoms with Crippen LogP contribution in [0.4, 0.5) is 0 Å². The number of likely N-dealkylation sites (tertiary alicyclic amines) is 1. The van der Waals surface area contributed by atoms with Gasteiger partial charge in [-0.2, -0.15) is 0 Å². The minimum atomic E-state index is -1.17. The molecule has 1 saturated heterocycles. The fourth-order valence-corrected chi connectivity index (χ4v) is 2.76. The average Bonchev–Trinajstić information content (AvgIpc) is 2.73. The molecule has 5 nitrogen and oxygen atoms in total. The van der Waals surface area contributed by atoms with Gasteiger partial charge in [0.1, 0.15) is 0 Å². The van der Waals surface area contributed by atoms with Crippen LogP contribution in [-0.4, -0.2) is 34.3 Å². The van der Waals surface area contributed by atoms with Crippen molar-refractivity contribution in [3.63, 3.8) is 0 Å². The van der Waals surface area contributed by atoms with E-state index in [1.54, 1.807) is 0 Å². The summed E-state index contributed by atoms with van der Waals surface area (Å²) >= 11 is 0. The van der Waals surface area contributed by atoms with Crippen molar-refractivity contribution in [2.45, 2.75) is 19.8 Å². The van der Waals surface area contributed by atoms with Crippen LogP contribution in [0.5, 0.6) is 0 Å². The summed E-state index contributed by atoms with van der Waals surface area (Å²) in [7, 11) is 0. The molecular weight excluding hydrogens is 222 g/mol. The van der Waals surface area contributed by atoms with Crippen LogP contribution in [0.15, 0.2) is 12.2 Å². The van der Waals surface area contributed by atoms with E-state index in [2.05, 4.69) is 6.58 Å². The quantitative estimate of drug-likeness (QED) is 0.578. The largest absolute Gasteiger partial charge is 0.478 e. The molecule has 2 amide bonds. The van der Waals surface area contributed by atoms with Crippen molar-refractivity contribution in [2.75, 3.05) is 6.54 Å². The number of hydrogen-bond donors (Lipinski definition) is 1. The topological polar surface area (TPSA) is 74.7 Å². The molecule has 1 aliphatic heterocycles. The number of fused-ring (bicyclic) bond motifs is 1. The molecule has 17 heavy (non-hydrogen) atoms. The molecular formula is C12H15NO4. The molecule has 1 aliphatic carbocycles. The van der Waals surface area contributed by atoms with Gasteiger partial charge in [-0.05, 0) is 18.8 Å². The van der Waals surface area contributed by atoms with Crippen LogP contribution >= 0.6 is 0 Å². The molecule has 1 saturated carbocycles. The molecule has 0 aromatic carbocycles. The number of carboxylic acid groups (broad SMARTS) is 1. The zero-order valence-electron chi connectivity index (χ0n) is 9.68. The molecule has 2 fully saturated rings. The lowest BCUT2D eigenvalue weighted by Crippen LogP contribution is -2.35. The van der Waals surface area contributed by atoms with Crippen LogP contribution in [0.2, 0.25) is 0 Å². The number of carbonyl (C=O) groups is 3.